The van der Waals surface area contributed by atoms with Gasteiger partial charge < -0.3 is 25.2 Å². The molecule has 21 heavy (non-hydrogen) atoms. The number of hydrogen-bond acceptors (Lipinski definition) is 5. The predicted molar refractivity (Wildman–Crippen MR) is 76.2 cm³/mol. The number of methoxy groups -OCH3 is 2. The minimum Gasteiger partial charge on any atom is -0.493 e. The lowest BCUT2D eigenvalue weighted by atomic mass is 10.1. The molecule has 0 fully saturated rings. The third-order valence-electron chi connectivity index (χ3n) is 2.86. The van der Waals surface area contributed by atoms with Gasteiger partial charge >= 0.3 is 11.8 Å². The lowest BCUT2D eigenvalue weighted by Crippen LogP contribution is -2.41. The summed E-state index contributed by atoms with van der Waals surface area (Å²) < 4.78 is 10.3. The maximum Gasteiger partial charge on any atom is 0.309 e. The van der Waals surface area contributed by atoms with Crippen molar-refractivity contribution < 1.29 is 24.2 Å². The fourth-order valence-electron chi connectivity index (χ4n) is 1.72. The largest absolute Gasteiger partial charge is 0.493 e. The van der Waals surface area contributed by atoms with Gasteiger partial charge in [0.1, 0.15) is 0 Å². The summed E-state index contributed by atoms with van der Waals surface area (Å²) in [5.41, 5.74) is 0.774. The van der Waals surface area contributed by atoms with E-state index in [0.29, 0.717) is 11.5 Å². The molecule has 116 valence electrons. The fourth-order valence-corrected chi connectivity index (χ4v) is 1.72. The Hall–Kier alpha value is -2.28. The van der Waals surface area contributed by atoms with Crippen molar-refractivity contribution in [2.24, 2.45) is 0 Å². The molecule has 1 atom stereocenters. The third kappa shape index (κ3) is 4.64. The summed E-state index contributed by atoms with van der Waals surface area (Å²) in [4.78, 5) is 23.1. The van der Waals surface area contributed by atoms with Gasteiger partial charge in [-0.05, 0) is 24.6 Å². The van der Waals surface area contributed by atoms with E-state index in [2.05, 4.69) is 10.6 Å². The Kier molecular flexibility index (Phi) is 6.48. The number of rotatable bonds is 6. The van der Waals surface area contributed by atoms with E-state index in [9.17, 15) is 9.59 Å². The number of benzene rings is 1. The summed E-state index contributed by atoms with van der Waals surface area (Å²) in [6.07, 6.45) is 0. The van der Waals surface area contributed by atoms with Crippen LogP contribution in [0.15, 0.2) is 18.2 Å². The van der Waals surface area contributed by atoms with Crippen molar-refractivity contribution in [3.63, 3.8) is 0 Å². The molecule has 0 aliphatic heterocycles. The molecule has 0 bridgehead atoms. The number of carbonyl (C=O) groups is 2. The molecule has 3 N–H and O–H groups in total. The van der Waals surface area contributed by atoms with Crippen LogP contribution in [0.1, 0.15) is 18.5 Å². The van der Waals surface area contributed by atoms with Gasteiger partial charge in [-0.3, -0.25) is 9.59 Å². The van der Waals surface area contributed by atoms with Crippen LogP contribution < -0.4 is 20.1 Å². The van der Waals surface area contributed by atoms with E-state index in [0.717, 1.165) is 5.56 Å². The number of nitrogens with one attached hydrogen (secondary N) is 2. The molecule has 1 aromatic carbocycles. The van der Waals surface area contributed by atoms with Gasteiger partial charge in [0.2, 0.25) is 0 Å². The van der Waals surface area contributed by atoms with Crippen molar-refractivity contribution >= 4 is 11.8 Å². The average molecular weight is 296 g/mol. The highest BCUT2D eigenvalue weighted by atomic mass is 16.5. The minimum atomic E-state index is -0.781. The number of ether oxygens (including phenoxy) is 2. The zero-order chi connectivity index (χ0) is 15.8. The normalized spacial score (nSPS) is 11.4. The summed E-state index contributed by atoms with van der Waals surface area (Å²) in [7, 11) is 3.06. The van der Waals surface area contributed by atoms with Gasteiger partial charge in [0.05, 0.1) is 26.9 Å². The second-order valence-corrected chi connectivity index (χ2v) is 4.29. The number of aliphatic hydroxyl groups excluding tert-OH is 1. The number of hydrogen-bond donors (Lipinski definition) is 3. The lowest BCUT2D eigenvalue weighted by molar-refractivity contribution is -0.139. The molecule has 1 rings (SSSR count). The summed E-state index contributed by atoms with van der Waals surface area (Å²) in [6, 6.07) is 4.85. The van der Waals surface area contributed by atoms with Gasteiger partial charge in [0, 0.05) is 6.54 Å². The lowest BCUT2D eigenvalue weighted by Gasteiger charge is -2.16. The number of carbonyl (C=O) groups excluding carboxylic acids is 2. The Morgan fingerprint density at radius 3 is 2.43 bits per heavy atom. The van der Waals surface area contributed by atoms with Crippen molar-refractivity contribution in [3.05, 3.63) is 23.8 Å². The van der Waals surface area contributed by atoms with Crippen LogP contribution in [0.2, 0.25) is 0 Å². The first kappa shape index (κ1) is 16.8. The van der Waals surface area contributed by atoms with Gasteiger partial charge in [-0.25, -0.2) is 0 Å². The summed E-state index contributed by atoms with van der Waals surface area (Å²) >= 11 is 0. The molecule has 7 nitrogen and oxygen atoms in total. The van der Waals surface area contributed by atoms with Crippen molar-refractivity contribution in [1.29, 1.82) is 0 Å². The van der Waals surface area contributed by atoms with Crippen LogP contribution in [0.3, 0.4) is 0 Å². The van der Waals surface area contributed by atoms with Crippen molar-refractivity contribution in [1.82, 2.24) is 10.6 Å². The molecular formula is C14H20N2O5. The molecule has 0 aliphatic carbocycles. The summed E-state index contributed by atoms with van der Waals surface area (Å²) in [6.45, 7) is 1.57. The average Bonchev–Trinajstić information content (AvgIpc) is 2.51. The smallest absolute Gasteiger partial charge is 0.309 e. The quantitative estimate of drug-likeness (QED) is 0.642. The molecular weight excluding hydrogens is 276 g/mol. The van der Waals surface area contributed by atoms with E-state index in [1.807, 2.05) is 0 Å². The van der Waals surface area contributed by atoms with Gasteiger partial charge in [-0.15, -0.1) is 0 Å². The molecule has 7 heteroatoms. The van der Waals surface area contributed by atoms with Crippen LogP contribution in [0.4, 0.5) is 0 Å². The molecule has 0 heterocycles. The summed E-state index contributed by atoms with van der Waals surface area (Å²) in [5, 5.41) is 13.4. The molecule has 1 aromatic rings. The maximum absolute atomic E-state index is 11.6. The van der Waals surface area contributed by atoms with Crippen LogP contribution in [-0.4, -0.2) is 44.3 Å². The zero-order valence-corrected chi connectivity index (χ0v) is 12.3. The second kappa shape index (κ2) is 8.11. The fraction of sp³-hybridized carbons (Fsp3) is 0.429. The van der Waals surface area contributed by atoms with E-state index in [4.69, 9.17) is 14.6 Å². The Balaban J connectivity index is 2.73. The van der Waals surface area contributed by atoms with Crippen molar-refractivity contribution in [3.8, 4) is 11.5 Å². The van der Waals surface area contributed by atoms with E-state index < -0.39 is 11.8 Å². The molecule has 0 aromatic heterocycles. The minimum absolute atomic E-state index is 0.0387. The Morgan fingerprint density at radius 1 is 1.19 bits per heavy atom. The SMILES string of the molecule is COc1ccc(C(C)NC(=O)C(=O)NCCO)cc1OC. The Bertz CT molecular complexity index is 504. The summed E-state index contributed by atoms with van der Waals surface area (Å²) in [5.74, 6) is -0.414. The third-order valence-corrected chi connectivity index (χ3v) is 2.86. The van der Waals surface area contributed by atoms with Gasteiger partial charge in [-0.1, -0.05) is 6.07 Å². The van der Waals surface area contributed by atoms with Gasteiger partial charge in [-0.2, -0.15) is 0 Å². The predicted octanol–water partition coefficient (Wildman–Crippen LogP) is -0.0105. The highest BCUT2D eigenvalue weighted by Gasteiger charge is 2.17. The van der Waals surface area contributed by atoms with E-state index in [1.165, 1.54) is 14.2 Å². The first-order valence-corrected chi connectivity index (χ1v) is 6.45. The van der Waals surface area contributed by atoms with Gasteiger partial charge in [0.25, 0.3) is 0 Å². The van der Waals surface area contributed by atoms with Crippen LogP contribution in [0.5, 0.6) is 11.5 Å². The topological polar surface area (TPSA) is 96.9 Å². The molecule has 0 saturated carbocycles. The van der Waals surface area contributed by atoms with E-state index in [-0.39, 0.29) is 19.2 Å². The van der Waals surface area contributed by atoms with E-state index >= 15 is 0 Å². The zero-order valence-electron chi connectivity index (χ0n) is 12.3. The monoisotopic (exact) mass is 296 g/mol. The Morgan fingerprint density at radius 2 is 1.86 bits per heavy atom. The molecule has 0 radical (unpaired) electrons. The van der Waals surface area contributed by atoms with Gasteiger partial charge in [0.15, 0.2) is 11.5 Å². The van der Waals surface area contributed by atoms with Crippen molar-refractivity contribution in [2.75, 3.05) is 27.4 Å². The standard InChI is InChI=1S/C14H20N2O5/c1-9(16-14(19)13(18)15-6-7-17)10-4-5-11(20-2)12(8-10)21-3/h4-5,8-9,17H,6-7H2,1-3H3,(H,15,18)(H,16,19). The van der Waals surface area contributed by atoms with E-state index in [1.54, 1.807) is 25.1 Å². The number of aliphatic hydroxyl groups is 1. The van der Waals surface area contributed by atoms with Crippen LogP contribution in [0.25, 0.3) is 0 Å². The maximum atomic E-state index is 11.6. The first-order valence-electron chi connectivity index (χ1n) is 6.45. The van der Waals surface area contributed by atoms with Crippen LogP contribution in [-0.2, 0) is 9.59 Å². The number of amides is 2. The second-order valence-electron chi connectivity index (χ2n) is 4.29. The first-order chi connectivity index (χ1) is 10.0. The highest BCUT2D eigenvalue weighted by molar-refractivity contribution is 6.35. The molecule has 0 saturated heterocycles. The highest BCUT2D eigenvalue weighted by Crippen LogP contribution is 2.29. The molecule has 0 aliphatic rings. The molecule has 0 spiro atoms. The Labute approximate surface area is 123 Å². The molecule has 2 amide bonds. The molecule has 1 unspecified atom stereocenters. The van der Waals surface area contributed by atoms with Crippen molar-refractivity contribution in [2.45, 2.75) is 13.0 Å². The van der Waals surface area contributed by atoms with Crippen LogP contribution >= 0.6 is 0 Å². The van der Waals surface area contributed by atoms with Crippen LogP contribution in [0, 0.1) is 0 Å².